The topological polar surface area (TPSA) is 133 Å². The molecule has 4 N–H and O–H groups in total. The van der Waals surface area contributed by atoms with E-state index in [0.29, 0.717) is 38.5 Å². The molecule has 0 spiro atoms. The van der Waals surface area contributed by atoms with Crippen molar-refractivity contribution in [3.8, 4) is 0 Å². The highest BCUT2D eigenvalue weighted by Gasteiger charge is 2.45. The van der Waals surface area contributed by atoms with E-state index in [-0.39, 0.29) is 24.7 Å². The maximum absolute atomic E-state index is 11.7. The molecule has 1 aliphatic carbocycles. The van der Waals surface area contributed by atoms with Crippen LogP contribution in [-0.2, 0) is 19.2 Å². The first-order chi connectivity index (χ1) is 13.1. The summed E-state index contributed by atoms with van der Waals surface area (Å²) in [6.07, 6.45) is 2.44. The molecule has 0 aromatic heterocycles. The van der Waals surface area contributed by atoms with Crippen molar-refractivity contribution in [1.29, 1.82) is 0 Å². The Balaban J connectivity index is 0.000000521. The van der Waals surface area contributed by atoms with Crippen LogP contribution in [0.5, 0.6) is 0 Å². The molecule has 0 aromatic rings. The van der Waals surface area contributed by atoms with E-state index in [1.54, 1.807) is 13.8 Å². The summed E-state index contributed by atoms with van der Waals surface area (Å²) >= 11 is 0. The molecule has 162 valence electrons. The van der Waals surface area contributed by atoms with Crippen LogP contribution in [0.3, 0.4) is 0 Å². The summed E-state index contributed by atoms with van der Waals surface area (Å²) in [7, 11) is 0. The number of hydrogen-bond donors (Lipinski definition) is 4. The Morgan fingerprint density at radius 2 is 1.43 bits per heavy atom. The third-order valence-corrected chi connectivity index (χ3v) is 5.00. The number of nitrogens with one attached hydrogen (secondary N) is 2. The predicted octanol–water partition coefficient (Wildman–Crippen LogP) is 0.731. The van der Waals surface area contributed by atoms with Gasteiger partial charge in [-0.25, -0.2) is 0 Å². The van der Waals surface area contributed by atoms with Gasteiger partial charge in [-0.2, -0.15) is 0 Å². The van der Waals surface area contributed by atoms with Crippen LogP contribution in [0.1, 0.15) is 66.2 Å². The van der Waals surface area contributed by atoms with E-state index in [9.17, 15) is 29.4 Å². The third kappa shape index (κ3) is 8.06. The molecule has 0 aromatic carbocycles. The highest BCUT2D eigenvalue weighted by Crippen LogP contribution is 2.38. The van der Waals surface area contributed by atoms with Crippen LogP contribution in [0.25, 0.3) is 0 Å². The lowest BCUT2D eigenvalue weighted by Crippen LogP contribution is -2.39. The van der Waals surface area contributed by atoms with E-state index in [2.05, 4.69) is 10.6 Å². The fraction of sp³-hybridized carbons (Fsp3) is 0.800. The second-order valence-electron chi connectivity index (χ2n) is 7.92. The highest BCUT2D eigenvalue weighted by molar-refractivity contribution is 5.86. The van der Waals surface area contributed by atoms with Crippen molar-refractivity contribution in [3.63, 3.8) is 0 Å². The van der Waals surface area contributed by atoms with E-state index in [1.165, 1.54) is 0 Å². The average Bonchev–Trinajstić information content (AvgIpc) is 2.91. The molecule has 0 radical (unpaired) electrons. The maximum Gasteiger partial charge on any atom is 0.226 e. The molecule has 0 aliphatic heterocycles. The first kappa shape index (κ1) is 26.2. The summed E-state index contributed by atoms with van der Waals surface area (Å²) in [5.74, 6) is -0.284. The first-order valence-corrected chi connectivity index (χ1v) is 9.90. The minimum absolute atomic E-state index is 0.0602. The molecular formula is C20H36N2O6. The average molecular weight is 401 g/mol. The van der Waals surface area contributed by atoms with Crippen molar-refractivity contribution >= 4 is 24.4 Å². The number of aliphatic hydroxyl groups is 2. The quantitative estimate of drug-likeness (QED) is 0.400. The second kappa shape index (κ2) is 12.6. The number of aldehydes is 2. The van der Waals surface area contributed by atoms with Crippen LogP contribution >= 0.6 is 0 Å². The van der Waals surface area contributed by atoms with Crippen LogP contribution in [-0.4, -0.2) is 59.9 Å². The molecule has 2 amide bonds. The van der Waals surface area contributed by atoms with Crippen LogP contribution in [0.4, 0.5) is 0 Å². The molecule has 1 fully saturated rings. The molecule has 0 saturated heterocycles. The lowest BCUT2D eigenvalue weighted by molar-refractivity contribution is -0.134. The monoisotopic (exact) mass is 400 g/mol. The first-order valence-electron chi connectivity index (χ1n) is 9.90. The van der Waals surface area contributed by atoms with Gasteiger partial charge in [0.1, 0.15) is 12.6 Å². The summed E-state index contributed by atoms with van der Waals surface area (Å²) in [6.45, 7) is 8.57. The molecule has 1 rings (SSSR count). The Morgan fingerprint density at radius 1 is 1.00 bits per heavy atom. The van der Waals surface area contributed by atoms with E-state index in [0.717, 1.165) is 12.8 Å². The van der Waals surface area contributed by atoms with Gasteiger partial charge in [0, 0.05) is 25.9 Å². The molecule has 28 heavy (non-hydrogen) atoms. The fourth-order valence-corrected chi connectivity index (χ4v) is 3.00. The number of amides is 2. The summed E-state index contributed by atoms with van der Waals surface area (Å²) in [5, 5.41) is 24.2. The van der Waals surface area contributed by atoms with Gasteiger partial charge in [-0.3, -0.25) is 9.59 Å². The van der Waals surface area contributed by atoms with Gasteiger partial charge in [0.2, 0.25) is 11.8 Å². The van der Waals surface area contributed by atoms with Crippen LogP contribution < -0.4 is 10.6 Å². The number of carbonyl (C=O) groups is 4. The summed E-state index contributed by atoms with van der Waals surface area (Å²) in [4.78, 5) is 44.0. The zero-order valence-corrected chi connectivity index (χ0v) is 17.5. The zero-order chi connectivity index (χ0) is 21.8. The van der Waals surface area contributed by atoms with E-state index >= 15 is 0 Å². The minimum Gasteiger partial charge on any atom is -0.390 e. The van der Waals surface area contributed by atoms with Gasteiger partial charge >= 0.3 is 0 Å². The third-order valence-electron chi connectivity index (χ3n) is 5.00. The van der Waals surface area contributed by atoms with Crippen molar-refractivity contribution in [3.05, 3.63) is 0 Å². The maximum atomic E-state index is 11.7. The van der Waals surface area contributed by atoms with Crippen molar-refractivity contribution in [2.24, 2.45) is 10.8 Å². The van der Waals surface area contributed by atoms with Gasteiger partial charge in [-0.1, -0.05) is 20.8 Å². The van der Waals surface area contributed by atoms with Crippen molar-refractivity contribution in [2.45, 2.75) is 78.4 Å². The van der Waals surface area contributed by atoms with Crippen molar-refractivity contribution in [1.82, 2.24) is 10.6 Å². The Bertz CT molecular complexity index is 503. The van der Waals surface area contributed by atoms with Gasteiger partial charge in [0.25, 0.3) is 0 Å². The van der Waals surface area contributed by atoms with Gasteiger partial charge in [-0.05, 0) is 32.6 Å². The molecule has 8 heteroatoms. The minimum atomic E-state index is -0.876. The molecule has 2 unspecified atom stereocenters. The fourth-order valence-electron chi connectivity index (χ4n) is 3.00. The van der Waals surface area contributed by atoms with Crippen LogP contribution in [0.15, 0.2) is 0 Å². The molecular weight excluding hydrogens is 364 g/mol. The summed E-state index contributed by atoms with van der Waals surface area (Å²) in [6, 6.07) is 0. The van der Waals surface area contributed by atoms with Crippen molar-refractivity contribution < 1.29 is 29.4 Å². The van der Waals surface area contributed by atoms with E-state index < -0.39 is 23.0 Å². The Hall–Kier alpha value is -1.80. The molecule has 2 atom stereocenters. The Morgan fingerprint density at radius 3 is 1.82 bits per heavy atom. The van der Waals surface area contributed by atoms with E-state index in [4.69, 9.17) is 0 Å². The SMILES string of the molecule is CCCNC(=O)C(C)(CC=O)CC=O.CCCNC(=O)C1(C)CC(O)C(O)C1. The number of hydrogen-bond acceptors (Lipinski definition) is 6. The molecule has 0 bridgehead atoms. The Kier molecular flexibility index (Phi) is 11.8. The summed E-state index contributed by atoms with van der Waals surface area (Å²) in [5.41, 5.74) is -1.48. The van der Waals surface area contributed by atoms with Gasteiger partial charge in [0.15, 0.2) is 0 Å². The lowest BCUT2D eigenvalue weighted by atomic mass is 9.83. The number of aliphatic hydroxyl groups excluding tert-OH is 2. The smallest absolute Gasteiger partial charge is 0.226 e. The molecule has 8 nitrogen and oxygen atoms in total. The highest BCUT2D eigenvalue weighted by atomic mass is 16.3. The molecule has 1 saturated carbocycles. The number of carbonyl (C=O) groups excluding carboxylic acids is 4. The van der Waals surface area contributed by atoms with Crippen LogP contribution in [0, 0.1) is 10.8 Å². The molecule has 1 aliphatic rings. The number of rotatable bonds is 10. The second-order valence-corrected chi connectivity index (χ2v) is 7.92. The zero-order valence-electron chi connectivity index (χ0n) is 17.5. The largest absolute Gasteiger partial charge is 0.390 e. The van der Waals surface area contributed by atoms with E-state index in [1.807, 2.05) is 13.8 Å². The van der Waals surface area contributed by atoms with Crippen LogP contribution in [0.2, 0.25) is 0 Å². The van der Waals surface area contributed by atoms with Crippen molar-refractivity contribution in [2.75, 3.05) is 13.1 Å². The Labute approximate surface area is 167 Å². The van der Waals surface area contributed by atoms with Gasteiger partial charge < -0.3 is 30.4 Å². The van der Waals surface area contributed by atoms with Gasteiger partial charge in [0.05, 0.1) is 23.0 Å². The molecule has 0 heterocycles. The lowest BCUT2D eigenvalue weighted by Gasteiger charge is -2.23. The standard InChI is InChI=1S/C10H19NO3.C10H17NO3/c1-3-4-11-9(14)10(2)5-7(12)8(13)6-10;1-3-6-11-9(14)10(2,4-7-12)5-8-13/h7-8,12-13H,3-6H2,1-2H3,(H,11,14);7-8H,3-6H2,1-2H3,(H,11,14). The van der Waals surface area contributed by atoms with Gasteiger partial charge in [-0.15, -0.1) is 0 Å². The summed E-state index contributed by atoms with van der Waals surface area (Å²) < 4.78 is 0. The predicted molar refractivity (Wildman–Crippen MR) is 105 cm³/mol. The normalized spacial score (nSPS) is 23.9.